The summed E-state index contributed by atoms with van der Waals surface area (Å²) < 4.78 is 10.6. The lowest BCUT2D eigenvalue weighted by Crippen LogP contribution is -2.29. The summed E-state index contributed by atoms with van der Waals surface area (Å²) in [5.74, 6) is -0.420. The van der Waals surface area contributed by atoms with Crippen LogP contribution in [0.15, 0.2) is 76.9 Å². The Morgan fingerprint density at radius 1 is 1.06 bits per heavy atom. The van der Waals surface area contributed by atoms with Gasteiger partial charge >= 0.3 is 0 Å². The fourth-order valence-corrected chi connectivity index (χ4v) is 3.80. The quantitative estimate of drug-likeness (QED) is 0.364. The molecule has 0 bridgehead atoms. The van der Waals surface area contributed by atoms with Crippen LogP contribution in [0.4, 0.5) is 0 Å². The highest BCUT2D eigenvalue weighted by Gasteiger charge is 2.46. The molecule has 1 saturated heterocycles. The molecule has 0 unspecified atom stereocenters. The zero-order chi connectivity index (χ0) is 22.0. The predicted octanol–water partition coefficient (Wildman–Crippen LogP) is 4.47. The van der Waals surface area contributed by atoms with E-state index in [0.717, 1.165) is 17.5 Å². The summed E-state index contributed by atoms with van der Waals surface area (Å²) >= 11 is 0. The lowest BCUT2D eigenvalue weighted by molar-refractivity contribution is -0.140. The number of carbonyl (C=O) groups is 2. The molecule has 0 radical (unpaired) electrons. The fraction of sp³-hybridized carbons (Fsp3) is 0.200. The summed E-state index contributed by atoms with van der Waals surface area (Å²) in [6.45, 7) is 2.18. The third-order valence-corrected chi connectivity index (χ3v) is 5.51. The van der Waals surface area contributed by atoms with Crippen LogP contribution < -0.4 is 4.74 Å². The zero-order valence-corrected chi connectivity index (χ0v) is 17.4. The van der Waals surface area contributed by atoms with Gasteiger partial charge in [-0.3, -0.25) is 9.59 Å². The Labute approximate surface area is 180 Å². The predicted molar refractivity (Wildman–Crippen MR) is 115 cm³/mol. The third-order valence-electron chi connectivity index (χ3n) is 5.51. The van der Waals surface area contributed by atoms with Crippen LogP contribution in [0, 0.1) is 0 Å². The number of methoxy groups -OCH3 is 1. The van der Waals surface area contributed by atoms with E-state index in [-0.39, 0.29) is 17.9 Å². The molecule has 1 amide bonds. The molecule has 158 valence electrons. The second kappa shape index (κ2) is 8.52. The first-order valence-corrected chi connectivity index (χ1v) is 10.1. The van der Waals surface area contributed by atoms with Crippen LogP contribution in [0.5, 0.6) is 5.75 Å². The van der Waals surface area contributed by atoms with Crippen molar-refractivity contribution >= 4 is 17.4 Å². The second-order valence-electron chi connectivity index (χ2n) is 7.33. The summed E-state index contributed by atoms with van der Waals surface area (Å²) in [7, 11) is 1.55. The molecular weight excluding hydrogens is 394 g/mol. The highest BCUT2D eigenvalue weighted by atomic mass is 16.5. The van der Waals surface area contributed by atoms with Gasteiger partial charge in [-0.2, -0.15) is 0 Å². The number of aliphatic hydroxyl groups excluding tert-OH is 1. The maximum atomic E-state index is 13.0. The van der Waals surface area contributed by atoms with Gasteiger partial charge in [0, 0.05) is 5.56 Å². The number of nitrogens with zero attached hydrogens (tertiary/aromatic N) is 1. The molecule has 1 aliphatic rings. The number of hydrogen-bond donors (Lipinski definition) is 1. The van der Waals surface area contributed by atoms with Crippen LogP contribution in [-0.2, 0) is 22.6 Å². The van der Waals surface area contributed by atoms with E-state index in [2.05, 4.69) is 6.92 Å². The highest BCUT2D eigenvalue weighted by molar-refractivity contribution is 6.46. The van der Waals surface area contributed by atoms with Crippen molar-refractivity contribution in [2.24, 2.45) is 0 Å². The Hall–Kier alpha value is -3.80. The van der Waals surface area contributed by atoms with Crippen molar-refractivity contribution in [3.05, 3.63) is 95.0 Å². The fourth-order valence-electron chi connectivity index (χ4n) is 3.80. The highest BCUT2D eigenvalue weighted by Crippen LogP contribution is 2.40. The van der Waals surface area contributed by atoms with E-state index in [9.17, 15) is 14.7 Å². The first-order valence-electron chi connectivity index (χ1n) is 10.1. The lowest BCUT2D eigenvalue weighted by Gasteiger charge is -2.24. The molecule has 2 aromatic carbocycles. The molecule has 1 aromatic heterocycles. The van der Waals surface area contributed by atoms with Crippen molar-refractivity contribution < 1.29 is 23.8 Å². The number of likely N-dealkylation sites (tertiary alicyclic amines) is 1. The number of aryl methyl sites for hydroxylation is 1. The largest absolute Gasteiger partial charge is 0.507 e. The van der Waals surface area contributed by atoms with Crippen molar-refractivity contribution in [3.63, 3.8) is 0 Å². The van der Waals surface area contributed by atoms with E-state index in [1.165, 1.54) is 11.2 Å². The molecule has 3 aromatic rings. The zero-order valence-electron chi connectivity index (χ0n) is 17.4. The molecule has 2 heterocycles. The number of hydrogen-bond acceptors (Lipinski definition) is 5. The molecule has 1 N–H and O–H groups in total. The molecule has 1 atom stereocenters. The number of benzene rings is 2. The normalized spacial score (nSPS) is 17.9. The summed E-state index contributed by atoms with van der Waals surface area (Å²) in [6.07, 6.45) is 2.40. The third kappa shape index (κ3) is 3.84. The van der Waals surface area contributed by atoms with E-state index in [4.69, 9.17) is 9.15 Å². The molecule has 0 spiro atoms. The molecule has 31 heavy (non-hydrogen) atoms. The Morgan fingerprint density at radius 3 is 2.35 bits per heavy atom. The van der Waals surface area contributed by atoms with Crippen LogP contribution in [0.25, 0.3) is 5.76 Å². The lowest BCUT2D eigenvalue weighted by atomic mass is 9.94. The van der Waals surface area contributed by atoms with Crippen LogP contribution in [0.1, 0.15) is 35.4 Å². The van der Waals surface area contributed by atoms with Gasteiger partial charge in [0.15, 0.2) is 0 Å². The van der Waals surface area contributed by atoms with Crippen molar-refractivity contribution in [1.29, 1.82) is 0 Å². The first-order chi connectivity index (χ1) is 15.0. The SMILES string of the molecule is CCc1ccc([C@H]2/C(=C(\O)c3ccc(OC)cc3)C(=O)C(=O)N2Cc2ccco2)cc1. The van der Waals surface area contributed by atoms with E-state index in [0.29, 0.717) is 17.1 Å². The monoisotopic (exact) mass is 417 g/mol. The Balaban J connectivity index is 1.83. The average Bonchev–Trinajstić information content (AvgIpc) is 3.41. The molecule has 4 rings (SSSR count). The standard InChI is InChI=1S/C25H23NO5/c1-3-16-6-8-17(9-7-16)22-21(23(27)18-10-12-19(30-2)13-11-18)24(28)25(29)26(22)15-20-5-4-14-31-20/h4-14,22,27H,3,15H2,1-2H3/b23-21+/t22-/m0/s1. The minimum atomic E-state index is -0.724. The topological polar surface area (TPSA) is 80.0 Å². The minimum Gasteiger partial charge on any atom is -0.507 e. The number of Topliss-reactive ketones (excluding diaryl/α,β-unsaturated/α-hetero) is 1. The van der Waals surface area contributed by atoms with Crippen molar-refractivity contribution in [1.82, 2.24) is 4.90 Å². The molecule has 0 aliphatic carbocycles. The number of rotatable bonds is 6. The van der Waals surface area contributed by atoms with Crippen molar-refractivity contribution in [2.45, 2.75) is 25.9 Å². The number of amides is 1. The van der Waals surface area contributed by atoms with Gasteiger partial charge < -0.3 is 19.2 Å². The molecule has 1 fully saturated rings. The van der Waals surface area contributed by atoms with Gasteiger partial charge in [0.05, 0.1) is 31.5 Å². The van der Waals surface area contributed by atoms with E-state index >= 15 is 0 Å². The van der Waals surface area contributed by atoms with E-state index in [1.807, 2.05) is 24.3 Å². The van der Waals surface area contributed by atoms with Crippen LogP contribution in [-0.4, -0.2) is 28.8 Å². The average molecular weight is 417 g/mol. The Morgan fingerprint density at radius 2 is 1.77 bits per heavy atom. The van der Waals surface area contributed by atoms with Gasteiger partial charge in [0.25, 0.3) is 11.7 Å². The molecular formula is C25H23NO5. The summed E-state index contributed by atoms with van der Waals surface area (Å²) in [6, 6.07) is 17.2. The summed E-state index contributed by atoms with van der Waals surface area (Å²) in [4.78, 5) is 27.4. The molecule has 6 nitrogen and oxygen atoms in total. The smallest absolute Gasteiger partial charge is 0.296 e. The van der Waals surface area contributed by atoms with E-state index < -0.39 is 17.7 Å². The van der Waals surface area contributed by atoms with Crippen molar-refractivity contribution in [3.8, 4) is 5.75 Å². The van der Waals surface area contributed by atoms with Gasteiger partial charge in [-0.05, 0) is 53.9 Å². The molecule has 0 saturated carbocycles. The van der Waals surface area contributed by atoms with Crippen molar-refractivity contribution in [2.75, 3.05) is 7.11 Å². The van der Waals surface area contributed by atoms with Gasteiger partial charge in [-0.15, -0.1) is 0 Å². The van der Waals surface area contributed by atoms with Crippen LogP contribution >= 0.6 is 0 Å². The number of ketones is 1. The molecule has 1 aliphatic heterocycles. The number of aliphatic hydroxyl groups is 1. The molecule has 6 heteroatoms. The number of carbonyl (C=O) groups excluding carboxylic acids is 2. The minimum absolute atomic E-state index is 0.0611. The van der Waals surface area contributed by atoms with Gasteiger partial charge in [0.2, 0.25) is 0 Å². The maximum absolute atomic E-state index is 13.0. The Bertz CT molecular complexity index is 1110. The van der Waals surface area contributed by atoms with Crippen LogP contribution in [0.3, 0.4) is 0 Å². The van der Waals surface area contributed by atoms with Gasteiger partial charge in [0.1, 0.15) is 17.3 Å². The maximum Gasteiger partial charge on any atom is 0.296 e. The van der Waals surface area contributed by atoms with Gasteiger partial charge in [-0.1, -0.05) is 31.2 Å². The Kier molecular flexibility index (Phi) is 5.62. The van der Waals surface area contributed by atoms with Gasteiger partial charge in [-0.25, -0.2) is 0 Å². The van der Waals surface area contributed by atoms with E-state index in [1.54, 1.807) is 43.5 Å². The van der Waals surface area contributed by atoms with Crippen LogP contribution in [0.2, 0.25) is 0 Å². The first kappa shape index (κ1) is 20.5. The number of furan rings is 1. The number of ether oxygens (including phenoxy) is 1. The summed E-state index contributed by atoms with van der Waals surface area (Å²) in [5, 5.41) is 11.1. The summed E-state index contributed by atoms with van der Waals surface area (Å²) in [5.41, 5.74) is 2.39. The second-order valence-corrected chi connectivity index (χ2v) is 7.33.